The summed E-state index contributed by atoms with van der Waals surface area (Å²) in [5.41, 5.74) is 0.779. The molecule has 1 aromatic rings. The van der Waals surface area contributed by atoms with Crippen molar-refractivity contribution >= 4 is 50.8 Å². The summed E-state index contributed by atoms with van der Waals surface area (Å²) in [7, 11) is 0. The lowest BCUT2D eigenvalue weighted by Crippen LogP contribution is -2.44. The first kappa shape index (κ1) is 21.9. The zero-order valence-electron chi connectivity index (χ0n) is 16.7. The van der Waals surface area contributed by atoms with E-state index in [0.717, 1.165) is 58.1 Å². The maximum atomic E-state index is 12.7. The van der Waals surface area contributed by atoms with Crippen molar-refractivity contribution in [2.45, 2.75) is 45.6 Å². The van der Waals surface area contributed by atoms with Gasteiger partial charge in [0.1, 0.15) is 12.3 Å². The number of rotatable bonds is 6. The Morgan fingerprint density at radius 3 is 2.66 bits per heavy atom. The lowest BCUT2D eigenvalue weighted by molar-refractivity contribution is -0.136. The molecule has 0 radical (unpaired) electrons. The Morgan fingerprint density at radius 1 is 1.28 bits per heavy atom. The van der Waals surface area contributed by atoms with Crippen LogP contribution in [0.15, 0.2) is 27.6 Å². The van der Waals surface area contributed by atoms with Gasteiger partial charge in [0.25, 0.3) is 11.1 Å². The van der Waals surface area contributed by atoms with Crippen molar-refractivity contribution in [2.75, 3.05) is 19.6 Å². The second-order valence-corrected chi connectivity index (χ2v) is 9.08. The third kappa shape index (κ3) is 5.42. The molecule has 3 rings (SSSR count). The highest BCUT2D eigenvalue weighted by Gasteiger charge is 2.37. The predicted molar refractivity (Wildman–Crippen MR) is 118 cm³/mol. The SMILES string of the molecule is CCC(C)Oc1ccc(C=C2SC(=O)N(CC(=O)N3CCCCC3)C2=O)cc1Br. The molecule has 0 N–H and O–H groups in total. The number of nitrogens with zero attached hydrogens (tertiary/aromatic N) is 2. The van der Waals surface area contributed by atoms with Crippen molar-refractivity contribution in [2.24, 2.45) is 0 Å². The average Bonchev–Trinajstić information content (AvgIpc) is 2.97. The molecule has 0 bridgehead atoms. The number of benzene rings is 1. The van der Waals surface area contributed by atoms with Crippen LogP contribution in [-0.4, -0.2) is 52.6 Å². The topological polar surface area (TPSA) is 66.9 Å². The van der Waals surface area contributed by atoms with Crippen LogP contribution in [-0.2, 0) is 9.59 Å². The Labute approximate surface area is 183 Å². The van der Waals surface area contributed by atoms with E-state index in [-0.39, 0.29) is 18.6 Å². The van der Waals surface area contributed by atoms with E-state index in [1.807, 2.05) is 25.1 Å². The molecule has 2 saturated heterocycles. The summed E-state index contributed by atoms with van der Waals surface area (Å²) in [5.74, 6) is 0.153. The van der Waals surface area contributed by atoms with Crippen LogP contribution in [0.3, 0.4) is 0 Å². The van der Waals surface area contributed by atoms with Gasteiger partial charge >= 0.3 is 0 Å². The van der Waals surface area contributed by atoms with Gasteiger partial charge in [0.15, 0.2) is 0 Å². The molecule has 29 heavy (non-hydrogen) atoms. The number of carbonyl (C=O) groups excluding carboxylic acids is 3. The number of likely N-dealkylation sites (tertiary alicyclic amines) is 1. The molecule has 8 heteroatoms. The number of hydrogen-bond acceptors (Lipinski definition) is 5. The zero-order valence-corrected chi connectivity index (χ0v) is 19.1. The lowest BCUT2D eigenvalue weighted by atomic mass is 10.1. The summed E-state index contributed by atoms with van der Waals surface area (Å²) in [5, 5.41) is -0.401. The van der Waals surface area contributed by atoms with Crippen molar-refractivity contribution in [3.8, 4) is 5.75 Å². The van der Waals surface area contributed by atoms with Crippen LogP contribution in [0.25, 0.3) is 6.08 Å². The van der Waals surface area contributed by atoms with Crippen LogP contribution in [0.4, 0.5) is 4.79 Å². The molecule has 2 aliphatic rings. The van der Waals surface area contributed by atoms with Gasteiger partial charge in [-0.3, -0.25) is 19.3 Å². The molecule has 0 saturated carbocycles. The average molecular weight is 481 g/mol. The van der Waals surface area contributed by atoms with Crippen LogP contribution in [0, 0.1) is 0 Å². The number of carbonyl (C=O) groups is 3. The summed E-state index contributed by atoms with van der Waals surface area (Å²) >= 11 is 4.37. The van der Waals surface area contributed by atoms with E-state index in [1.54, 1.807) is 11.0 Å². The smallest absolute Gasteiger partial charge is 0.294 e. The van der Waals surface area contributed by atoms with Gasteiger partial charge in [-0.25, -0.2) is 0 Å². The standard InChI is InChI=1S/C21H25BrN2O4S/c1-3-14(2)28-17-8-7-15(11-16(17)22)12-18-20(26)24(21(27)29-18)13-19(25)23-9-5-4-6-10-23/h7-8,11-12,14H,3-6,9-10,13H2,1-2H3. The molecule has 1 aromatic carbocycles. The molecule has 156 valence electrons. The van der Waals surface area contributed by atoms with Crippen molar-refractivity contribution in [3.63, 3.8) is 0 Å². The van der Waals surface area contributed by atoms with Gasteiger partial charge in [0.05, 0.1) is 15.5 Å². The van der Waals surface area contributed by atoms with E-state index in [9.17, 15) is 14.4 Å². The summed E-state index contributed by atoms with van der Waals surface area (Å²) < 4.78 is 6.62. The number of halogens is 1. The van der Waals surface area contributed by atoms with E-state index in [1.165, 1.54) is 0 Å². The van der Waals surface area contributed by atoms with Gasteiger partial charge in [-0.2, -0.15) is 0 Å². The van der Waals surface area contributed by atoms with E-state index in [2.05, 4.69) is 22.9 Å². The third-order valence-corrected chi connectivity index (χ3v) is 6.56. The highest BCUT2D eigenvalue weighted by Crippen LogP contribution is 2.34. The molecule has 0 aromatic heterocycles. The fourth-order valence-electron chi connectivity index (χ4n) is 3.17. The highest BCUT2D eigenvalue weighted by molar-refractivity contribution is 9.10. The van der Waals surface area contributed by atoms with Gasteiger partial charge in [-0.1, -0.05) is 13.0 Å². The van der Waals surface area contributed by atoms with Gasteiger partial charge < -0.3 is 9.64 Å². The first-order valence-corrected chi connectivity index (χ1v) is 11.5. The summed E-state index contributed by atoms with van der Waals surface area (Å²) in [6.07, 6.45) is 5.74. The van der Waals surface area contributed by atoms with Crippen molar-refractivity contribution < 1.29 is 19.1 Å². The number of thioether (sulfide) groups is 1. The maximum Gasteiger partial charge on any atom is 0.294 e. The van der Waals surface area contributed by atoms with Crippen LogP contribution in [0.1, 0.15) is 45.1 Å². The number of amides is 3. The van der Waals surface area contributed by atoms with Crippen LogP contribution in [0.5, 0.6) is 5.75 Å². The molecular formula is C21H25BrN2O4S. The molecule has 2 aliphatic heterocycles. The molecular weight excluding hydrogens is 456 g/mol. The summed E-state index contributed by atoms with van der Waals surface area (Å²) in [6, 6.07) is 5.53. The van der Waals surface area contributed by atoms with E-state index < -0.39 is 11.1 Å². The number of hydrogen-bond donors (Lipinski definition) is 0. The molecule has 2 heterocycles. The molecule has 2 fully saturated rings. The van der Waals surface area contributed by atoms with Crippen molar-refractivity contribution in [1.29, 1.82) is 0 Å². The number of ether oxygens (including phenoxy) is 1. The minimum absolute atomic E-state index is 0.103. The second kappa shape index (κ2) is 9.80. The Kier molecular flexibility index (Phi) is 7.40. The fourth-order valence-corrected chi connectivity index (χ4v) is 4.50. The highest BCUT2D eigenvalue weighted by atomic mass is 79.9. The first-order valence-electron chi connectivity index (χ1n) is 9.88. The third-order valence-electron chi connectivity index (χ3n) is 5.03. The first-order chi connectivity index (χ1) is 13.9. The van der Waals surface area contributed by atoms with Gasteiger partial charge in [-0.15, -0.1) is 0 Å². The van der Waals surface area contributed by atoms with Crippen molar-refractivity contribution in [1.82, 2.24) is 9.80 Å². The molecule has 3 amide bonds. The van der Waals surface area contributed by atoms with Gasteiger partial charge in [0.2, 0.25) is 5.91 Å². The number of imide groups is 1. The second-order valence-electron chi connectivity index (χ2n) is 7.24. The quantitative estimate of drug-likeness (QED) is 0.553. The number of piperidine rings is 1. The summed E-state index contributed by atoms with van der Waals surface area (Å²) in [4.78, 5) is 40.5. The Hall–Kier alpha value is -1.80. The Bertz CT molecular complexity index is 836. The molecule has 1 atom stereocenters. The minimum Gasteiger partial charge on any atom is -0.490 e. The van der Waals surface area contributed by atoms with Gasteiger partial charge in [-0.05, 0) is 84.1 Å². The molecule has 0 aliphatic carbocycles. The molecule has 1 unspecified atom stereocenters. The maximum absolute atomic E-state index is 12.7. The van der Waals surface area contributed by atoms with Crippen LogP contribution >= 0.6 is 27.7 Å². The van der Waals surface area contributed by atoms with Crippen molar-refractivity contribution in [3.05, 3.63) is 33.1 Å². The zero-order chi connectivity index (χ0) is 21.0. The van der Waals surface area contributed by atoms with Crippen LogP contribution < -0.4 is 4.74 Å². The van der Waals surface area contributed by atoms with E-state index in [4.69, 9.17) is 4.74 Å². The minimum atomic E-state index is -0.415. The molecule has 6 nitrogen and oxygen atoms in total. The monoisotopic (exact) mass is 480 g/mol. The van der Waals surface area contributed by atoms with Gasteiger partial charge in [0, 0.05) is 13.1 Å². The Balaban J connectivity index is 1.69. The molecule has 0 spiro atoms. The fraction of sp³-hybridized carbons (Fsp3) is 0.476. The lowest BCUT2D eigenvalue weighted by Gasteiger charge is -2.27. The normalized spacial score (nSPS) is 19.8. The Morgan fingerprint density at radius 2 is 2.00 bits per heavy atom. The largest absolute Gasteiger partial charge is 0.490 e. The van der Waals surface area contributed by atoms with E-state index >= 15 is 0 Å². The van der Waals surface area contributed by atoms with Crippen LogP contribution in [0.2, 0.25) is 0 Å². The predicted octanol–water partition coefficient (Wildman–Crippen LogP) is 4.68. The summed E-state index contributed by atoms with van der Waals surface area (Å²) in [6.45, 7) is 5.27. The van der Waals surface area contributed by atoms with E-state index in [0.29, 0.717) is 18.0 Å².